The Labute approximate surface area is 76.8 Å². The quantitative estimate of drug-likeness (QED) is 0.281. The van der Waals surface area contributed by atoms with Crippen LogP contribution in [0.2, 0.25) is 0 Å². The van der Waals surface area contributed by atoms with E-state index in [1.54, 1.807) is 0 Å². The topological polar surface area (TPSA) is 125 Å². The second-order valence-corrected chi connectivity index (χ2v) is 2.98. The highest BCUT2D eigenvalue weighted by molar-refractivity contribution is 5.74. The molecule has 6 nitrogen and oxygen atoms in total. The van der Waals surface area contributed by atoms with Crippen molar-refractivity contribution in [3.8, 4) is 0 Å². The lowest BCUT2D eigenvalue weighted by atomic mass is 10.1. The molecule has 0 heterocycles. The molecule has 0 aliphatic carbocycles. The second-order valence-electron chi connectivity index (χ2n) is 2.98. The maximum absolute atomic E-state index is 10.3. The summed E-state index contributed by atoms with van der Waals surface area (Å²) in [4.78, 5) is 10.3. The lowest BCUT2D eigenvalue weighted by Crippen LogP contribution is -2.39. The van der Waals surface area contributed by atoms with Crippen molar-refractivity contribution in [2.75, 3.05) is 0 Å². The van der Waals surface area contributed by atoms with Crippen LogP contribution in [0.15, 0.2) is 0 Å². The molecular formula is C7H16N4O2. The number of guanidine groups is 1. The Morgan fingerprint density at radius 3 is 2.54 bits per heavy atom. The minimum absolute atomic E-state index is 0.0251. The van der Waals surface area contributed by atoms with Gasteiger partial charge in [0, 0.05) is 6.04 Å². The zero-order valence-corrected chi connectivity index (χ0v) is 7.58. The molecule has 2 atom stereocenters. The van der Waals surface area contributed by atoms with Crippen molar-refractivity contribution in [2.45, 2.75) is 31.8 Å². The summed E-state index contributed by atoms with van der Waals surface area (Å²) in [5, 5.41) is 18.0. The van der Waals surface area contributed by atoms with Crippen LogP contribution in [-0.2, 0) is 4.79 Å². The number of aliphatic carboxylic acids is 1. The van der Waals surface area contributed by atoms with Crippen LogP contribution in [0.1, 0.15) is 19.8 Å². The standard InChI is InChI=1S/C7H16N4O2/c1-4(11-7(9)10)2-3-5(8)6(12)13/h4-5H,2-3,8H2,1H3,(H,12,13)(H4,9,10,11). The lowest BCUT2D eigenvalue weighted by Gasteiger charge is -2.14. The Bertz CT molecular complexity index is 195. The Hall–Kier alpha value is -1.30. The van der Waals surface area contributed by atoms with Crippen LogP contribution in [0.5, 0.6) is 0 Å². The van der Waals surface area contributed by atoms with Crippen LogP contribution in [0.3, 0.4) is 0 Å². The minimum Gasteiger partial charge on any atom is -0.480 e. The molecule has 76 valence electrons. The Morgan fingerprint density at radius 2 is 2.15 bits per heavy atom. The largest absolute Gasteiger partial charge is 0.480 e. The van der Waals surface area contributed by atoms with Gasteiger partial charge in [0.2, 0.25) is 0 Å². The van der Waals surface area contributed by atoms with E-state index in [1.165, 1.54) is 0 Å². The van der Waals surface area contributed by atoms with Gasteiger partial charge < -0.3 is 21.9 Å². The molecule has 2 unspecified atom stereocenters. The third-order valence-electron chi connectivity index (χ3n) is 1.63. The molecule has 0 aromatic carbocycles. The molecule has 0 spiro atoms. The number of hydrogen-bond acceptors (Lipinski definition) is 3. The first-order chi connectivity index (χ1) is 5.93. The highest BCUT2D eigenvalue weighted by Crippen LogP contribution is 1.99. The van der Waals surface area contributed by atoms with Gasteiger partial charge in [-0.15, -0.1) is 0 Å². The van der Waals surface area contributed by atoms with E-state index >= 15 is 0 Å². The molecule has 0 aliphatic heterocycles. The average Bonchev–Trinajstić information content (AvgIpc) is 1.98. The number of hydrogen-bond donors (Lipinski definition) is 5. The van der Waals surface area contributed by atoms with Gasteiger partial charge in [-0.1, -0.05) is 0 Å². The van der Waals surface area contributed by atoms with Crippen LogP contribution < -0.4 is 16.8 Å². The Morgan fingerprint density at radius 1 is 1.62 bits per heavy atom. The molecule has 0 amide bonds. The van der Waals surface area contributed by atoms with Crippen LogP contribution in [-0.4, -0.2) is 29.1 Å². The summed E-state index contributed by atoms with van der Waals surface area (Å²) in [6.45, 7) is 1.82. The first kappa shape index (κ1) is 11.7. The molecule has 0 saturated heterocycles. The Kier molecular flexibility index (Phi) is 4.83. The van der Waals surface area contributed by atoms with E-state index in [9.17, 15) is 4.79 Å². The zero-order chi connectivity index (χ0) is 10.4. The smallest absolute Gasteiger partial charge is 0.320 e. The maximum atomic E-state index is 10.3. The Balaban J connectivity index is 3.63. The van der Waals surface area contributed by atoms with E-state index < -0.39 is 12.0 Å². The average molecular weight is 188 g/mol. The number of carbonyl (C=O) groups is 1. The summed E-state index contributed by atoms with van der Waals surface area (Å²) in [6, 6.07) is -0.862. The van der Waals surface area contributed by atoms with Gasteiger partial charge in [0.15, 0.2) is 5.96 Å². The molecule has 0 aromatic heterocycles. The maximum Gasteiger partial charge on any atom is 0.320 e. The molecule has 6 heteroatoms. The third-order valence-corrected chi connectivity index (χ3v) is 1.63. The van der Waals surface area contributed by atoms with Gasteiger partial charge in [0.1, 0.15) is 6.04 Å². The summed E-state index contributed by atoms with van der Waals surface area (Å²) in [6.07, 6.45) is 0.948. The van der Waals surface area contributed by atoms with E-state index in [2.05, 4.69) is 5.32 Å². The van der Waals surface area contributed by atoms with E-state index in [0.717, 1.165) is 0 Å². The van der Waals surface area contributed by atoms with Gasteiger partial charge in [0.25, 0.3) is 0 Å². The molecule has 7 N–H and O–H groups in total. The first-order valence-corrected chi connectivity index (χ1v) is 4.02. The molecule has 0 rings (SSSR count). The SMILES string of the molecule is CC(CCC(N)C(=O)O)NC(=N)N. The van der Waals surface area contributed by atoms with E-state index in [0.29, 0.717) is 12.8 Å². The summed E-state index contributed by atoms with van der Waals surface area (Å²) in [5.41, 5.74) is 10.4. The first-order valence-electron chi connectivity index (χ1n) is 4.02. The highest BCUT2D eigenvalue weighted by Gasteiger charge is 2.12. The molecule has 13 heavy (non-hydrogen) atoms. The predicted molar refractivity (Wildman–Crippen MR) is 49.4 cm³/mol. The number of nitrogens with one attached hydrogen (secondary N) is 2. The van der Waals surface area contributed by atoms with Gasteiger partial charge in [-0.25, -0.2) is 0 Å². The summed E-state index contributed by atoms with van der Waals surface area (Å²) in [7, 11) is 0. The van der Waals surface area contributed by atoms with Gasteiger partial charge >= 0.3 is 5.97 Å². The molecule has 0 radical (unpaired) electrons. The molecular weight excluding hydrogens is 172 g/mol. The third kappa shape index (κ3) is 5.92. The second kappa shape index (κ2) is 5.36. The molecule has 0 aromatic rings. The lowest BCUT2D eigenvalue weighted by molar-refractivity contribution is -0.138. The van der Waals surface area contributed by atoms with Crippen LogP contribution in [0.4, 0.5) is 0 Å². The van der Waals surface area contributed by atoms with Gasteiger partial charge in [-0.05, 0) is 19.8 Å². The predicted octanol–water partition coefficient (Wildman–Crippen LogP) is -0.950. The number of nitrogens with two attached hydrogens (primary N) is 2. The number of carboxylic acid groups (broad SMARTS) is 1. The van der Waals surface area contributed by atoms with Crippen molar-refractivity contribution in [3.05, 3.63) is 0 Å². The highest BCUT2D eigenvalue weighted by atomic mass is 16.4. The normalized spacial score (nSPS) is 14.6. The van der Waals surface area contributed by atoms with Crippen molar-refractivity contribution in [3.63, 3.8) is 0 Å². The van der Waals surface area contributed by atoms with Gasteiger partial charge in [-0.2, -0.15) is 0 Å². The van der Waals surface area contributed by atoms with Crippen LogP contribution in [0, 0.1) is 5.41 Å². The molecule has 0 saturated carbocycles. The van der Waals surface area contributed by atoms with Crippen molar-refractivity contribution in [1.82, 2.24) is 5.32 Å². The summed E-state index contributed by atoms with van der Waals surface area (Å²) >= 11 is 0. The van der Waals surface area contributed by atoms with Crippen molar-refractivity contribution >= 4 is 11.9 Å². The fourth-order valence-electron chi connectivity index (χ4n) is 0.891. The molecule has 0 fully saturated rings. The molecule has 0 bridgehead atoms. The summed E-state index contributed by atoms with van der Waals surface area (Å²) < 4.78 is 0. The van der Waals surface area contributed by atoms with Crippen molar-refractivity contribution in [1.29, 1.82) is 5.41 Å². The van der Waals surface area contributed by atoms with Gasteiger partial charge in [0.05, 0.1) is 0 Å². The number of carboxylic acids is 1. The minimum atomic E-state index is -1.00. The monoisotopic (exact) mass is 188 g/mol. The van der Waals surface area contributed by atoms with Crippen LogP contribution >= 0.6 is 0 Å². The van der Waals surface area contributed by atoms with Gasteiger partial charge in [-0.3, -0.25) is 10.2 Å². The molecule has 0 aliphatic rings. The van der Waals surface area contributed by atoms with E-state index in [4.69, 9.17) is 22.0 Å². The van der Waals surface area contributed by atoms with Crippen molar-refractivity contribution in [2.24, 2.45) is 11.5 Å². The zero-order valence-electron chi connectivity index (χ0n) is 7.58. The fourth-order valence-corrected chi connectivity index (χ4v) is 0.891. The number of rotatable bonds is 5. The van der Waals surface area contributed by atoms with E-state index in [-0.39, 0.29) is 12.0 Å². The van der Waals surface area contributed by atoms with Crippen molar-refractivity contribution < 1.29 is 9.90 Å². The summed E-state index contributed by atoms with van der Waals surface area (Å²) in [5.74, 6) is -1.12. The fraction of sp³-hybridized carbons (Fsp3) is 0.714. The van der Waals surface area contributed by atoms with Crippen LogP contribution in [0.25, 0.3) is 0 Å². The van der Waals surface area contributed by atoms with E-state index in [1.807, 2.05) is 6.92 Å².